The highest BCUT2D eigenvalue weighted by molar-refractivity contribution is 5.89. The molecule has 0 radical (unpaired) electrons. The van der Waals surface area contributed by atoms with Gasteiger partial charge < -0.3 is 19.8 Å². The lowest BCUT2D eigenvalue weighted by Gasteiger charge is -2.13. The SMILES string of the molecule is COc1ccc(NC(=O)NC(C)c2oc3ccc(F)cc3c2C)cn1. The van der Waals surface area contributed by atoms with Crippen molar-refractivity contribution in [1.29, 1.82) is 0 Å². The minimum Gasteiger partial charge on any atom is -0.481 e. The number of carbonyl (C=O) groups excluding carboxylic acids is 1. The second-order valence-corrected chi connectivity index (χ2v) is 5.64. The number of nitrogens with zero attached hydrogens (tertiary/aromatic N) is 1. The first-order chi connectivity index (χ1) is 12.0. The van der Waals surface area contributed by atoms with Crippen molar-refractivity contribution in [1.82, 2.24) is 10.3 Å². The maximum absolute atomic E-state index is 13.4. The average molecular weight is 343 g/mol. The van der Waals surface area contributed by atoms with Crippen LogP contribution in [0.1, 0.15) is 24.3 Å². The van der Waals surface area contributed by atoms with E-state index in [4.69, 9.17) is 9.15 Å². The van der Waals surface area contributed by atoms with Crippen molar-refractivity contribution >= 4 is 22.7 Å². The summed E-state index contributed by atoms with van der Waals surface area (Å²) in [6, 6.07) is 6.90. The zero-order valence-corrected chi connectivity index (χ0v) is 14.1. The third kappa shape index (κ3) is 3.55. The summed E-state index contributed by atoms with van der Waals surface area (Å²) in [5.74, 6) is 0.723. The van der Waals surface area contributed by atoms with Crippen molar-refractivity contribution < 1.29 is 18.3 Å². The number of hydrogen-bond donors (Lipinski definition) is 2. The van der Waals surface area contributed by atoms with Crippen molar-refractivity contribution in [3.05, 3.63) is 53.7 Å². The largest absolute Gasteiger partial charge is 0.481 e. The second kappa shape index (κ2) is 6.80. The fourth-order valence-electron chi connectivity index (χ4n) is 2.63. The van der Waals surface area contributed by atoms with Gasteiger partial charge in [0, 0.05) is 17.0 Å². The molecule has 0 aliphatic rings. The number of urea groups is 1. The molecule has 6 nitrogen and oxygen atoms in total. The molecular formula is C18H18FN3O3. The Bertz CT molecular complexity index is 906. The summed E-state index contributed by atoms with van der Waals surface area (Å²) in [4.78, 5) is 16.2. The zero-order valence-electron chi connectivity index (χ0n) is 14.1. The molecule has 7 heteroatoms. The normalized spacial score (nSPS) is 12.0. The molecule has 3 rings (SSSR count). The molecule has 0 saturated heterocycles. The van der Waals surface area contributed by atoms with E-state index >= 15 is 0 Å². The third-order valence-corrected chi connectivity index (χ3v) is 3.88. The molecule has 2 aromatic heterocycles. The Balaban J connectivity index is 1.71. The predicted octanol–water partition coefficient (Wildman–Crippen LogP) is 4.17. The number of furan rings is 1. The number of benzene rings is 1. The second-order valence-electron chi connectivity index (χ2n) is 5.64. The number of hydrogen-bond acceptors (Lipinski definition) is 4. The van der Waals surface area contributed by atoms with Crippen LogP contribution in [0.3, 0.4) is 0 Å². The number of ether oxygens (including phenoxy) is 1. The molecule has 1 aromatic carbocycles. The van der Waals surface area contributed by atoms with Gasteiger partial charge in [-0.15, -0.1) is 0 Å². The first-order valence-electron chi connectivity index (χ1n) is 7.74. The van der Waals surface area contributed by atoms with Gasteiger partial charge in [0.15, 0.2) is 0 Å². The molecule has 0 spiro atoms. The Morgan fingerprint density at radius 3 is 2.80 bits per heavy atom. The quantitative estimate of drug-likeness (QED) is 0.745. The van der Waals surface area contributed by atoms with Crippen LogP contribution in [-0.2, 0) is 0 Å². The predicted molar refractivity (Wildman–Crippen MR) is 92.3 cm³/mol. The fourth-order valence-corrected chi connectivity index (χ4v) is 2.63. The van der Waals surface area contributed by atoms with E-state index in [0.29, 0.717) is 28.3 Å². The minimum atomic E-state index is -0.398. The lowest BCUT2D eigenvalue weighted by Crippen LogP contribution is -2.31. The van der Waals surface area contributed by atoms with Crippen molar-refractivity contribution in [3.63, 3.8) is 0 Å². The summed E-state index contributed by atoms with van der Waals surface area (Å²) < 4.78 is 24.1. The van der Waals surface area contributed by atoms with Gasteiger partial charge in [-0.3, -0.25) is 0 Å². The van der Waals surface area contributed by atoms with Gasteiger partial charge in [-0.2, -0.15) is 0 Å². The maximum atomic E-state index is 13.4. The molecule has 2 N–H and O–H groups in total. The number of anilines is 1. The van der Waals surface area contributed by atoms with E-state index in [2.05, 4.69) is 15.6 Å². The number of amides is 2. The molecule has 0 fully saturated rings. The summed E-state index contributed by atoms with van der Waals surface area (Å²) in [6.07, 6.45) is 1.50. The molecular weight excluding hydrogens is 325 g/mol. The highest BCUT2D eigenvalue weighted by Crippen LogP contribution is 2.29. The monoisotopic (exact) mass is 343 g/mol. The molecule has 0 bridgehead atoms. The van der Waals surface area contributed by atoms with Gasteiger partial charge in [0.2, 0.25) is 5.88 Å². The number of rotatable bonds is 4. The number of nitrogens with one attached hydrogen (secondary N) is 2. The first-order valence-corrected chi connectivity index (χ1v) is 7.74. The molecule has 1 atom stereocenters. The molecule has 0 aliphatic carbocycles. The van der Waals surface area contributed by atoms with Gasteiger partial charge in [-0.05, 0) is 38.1 Å². The zero-order chi connectivity index (χ0) is 18.0. The lowest BCUT2D eigenvalue weighted by molar-refractivity contribution is 0.248. The lowest BCUT2D eigenvalue weighted by atomic mass is 10.1. The van der Waals surface area contributed by atoms with Gasteiger partial charge in [-0.1, -0.05) is 0 Å². The van der Waals surface area contributed by atoms with Crippen molar-refractivity contribution in [3.8, 4) is 5.88 Å². The van der Waals surface area contributed by atoms with E-state index in [1.165, 1.54) is 25.4 Å². The van der Waals surface area contributed by atoms with Crippen LogP contribution in [0.15, 0.2) is 40.9 Å². The van der Waals surface area contributed by atoms with Crippen molar-refractivity contribution in [2.24, 2.45) is 0 Å². The summed E-state index contributed by atoms with van der Waals surface area (Å²) in [5, 5.41) is 6.18. The van der Waals surface area contributed by atoms with Gasteiger partial charge >= 0.3 is 6.03 Å². The van der Waals surface area contributed by atoms with E-state index in [1.54, 1.807) is 25.1 Å². The number of pyridine rings is 1. The summed E-state index contributed by atoms with van der Waals surface area (Å²) in [7, 11) is 1.52. The highest BCUT2D eigenvalue weighted by Gasteiger charge is 2.19. The molecule has 0 saturated carbocycles. The van der Waals surface area contributed by atoms with Crippen LogP contribution in [0, 0.1) is 12.7 Å². The van der Waals surface area contributed by atoms with Crippen LogP contribution in [0.4, 0.5) is 14.9 Å². The first kappa shape index (κ1) is 16.8. The highest BCUT2D eigenvalue weighted by atomic mass is 19.1. The van der Waals surface area contributed by atoms with E-state index in [1.807, 2.05) is 6.92 Å². The van der Waals surface area contributed by atoms with Gasteiger partial charge in [0.1, 0.15) is 17.2 Å². The van der Waals surface area contributed by atoms with Crippen molar-refractivity contribution in [2.45, 2.75) is 19.9 Å². The molecule has 3 aromatic rings. The Hall–Kier alpha value is -3.09. The minimum absolute atomic E-state index is 0.326. The molecule has 1 unspecified atom stereocenters. The standard InChI is InChI=1S/C18H18FN3O3/c1-10-14-8-12(19)4-6-15(14)25-17(10)11(2)21-18(23)22-13-5-7-16(24-3)20-9-13/h4-9,11H,1-3H3,(H2,21,22,23). The number of aromatic nitrogens is 1. The topological polar surface area (TPSA) is 76.4 Å². The van der Waals surface area contributed by atoms with E-state index in [0.717, 1.165) is 5.56 Å². The van der Waals surface area contributed by atoms with E-state index in [-0.39, 0.29) is 11.9 Å². The summed E-state index contributed by atoms with van der Waals surface area (Å²) >= 11 is 0. The molecule has 2 amide bonds. The summed E-state index contributed by atoms with van der Waals surface area (Å²) in [6.45, 7) is 3.64. The number of methoxy groups -OCH3 is 1. The summed E-state index contributed by atoms with van der Waals surface area (Å²) in [5.41, 5.74) is 1.92. The van der Waals surface area contributed by atoms with E-state index < -0.39 is 6.03 Å². The molecule has 0 aliphatic heterocycles. The van der Waals surface area contributed by atoms with Crippen LogP contribution >= 0.6 is 0 Å². The molecule has 25 heavy (non-hydrogen) atoms. The Morgan fingerprint density at radius 1 is 1.32 bits per heavy atom. The van der Waals surface area contributed by atoms with Crippen LogP contribution in [-0.4, -0.2) is 18.1 Å². The Kier molecular flexibility index (Phi) is 4.56. The Morgan fingerprint density at radius 2 is 2.12 bits per heavy atom. The van der Waals surface area contributed by atoms with Gasteiger partial charge in [-0.25, -0.2) is 14.2 Å². The van der Waals surface area contributed by atoms with E-state index in [9.17, 15) is 9.18 Å². The van der Waals surface area contributed by atoms with Crippen LogP contribution in [0.5, 0.6) is 5.88 Å². The van der Waals surface area contributed by atoms with Crippen LogP contribution in [0.25, 0.3) is 11.0 Å². The number of aryl methyl sites for hydroxylation is 1. The van der Waals surface area contributed by atoms with Crippen LogP contribution < -0.4 is 15.4 Å². The van der Waals surface area contributed by atoms with Crippen molar-refractivity contribution in [2.75, 3.05) is 12.4 Å². The number of carbonyl (C=O) groups is 1. The average Bonchev–Trinajstić information content (AvgIpc) is 2.92. The number of fused-ring (bicyclic) bond motifs is 1. The fraction of sp³-hybridized carbons (Fsp3) is 0.222. The van der Waals surface area contributed by atoms with Gasteiger partial charge in [0.05, 0.1) is 25.0 Å². The van der Waals surface area contributed by atoms with Crippen LogP contribution in [0.2, 0.25) is 0 Å². The van der Waals surface area contributed by atoms with Gasteiger partial charge in [0.25, 0.3) is 0 Å². The maximum Gasteiger partial charge on any atom is 0.319 e. The molecule has 2 heterocycles. The third-order valence-electron chi connectivity index (χ3n) is 3.88. The molecule has 130 valence electrons. The Labute approximate surface area is 144 Å². The smallest absolute Gasteiger partial charge is 0.319 e. The number of halogens is 1.